The molecule has 2 aromatic rings. The molecule has 0 saturated heterocycles. The number of phenols is 1. The Kier molecular flexibility index (Phi) is 9.24. The van der Waals surface area contributed by atoms with Crippen molar-refractivity contribution in [3.05, 3.63) is 53.1 Å². The smallest absolute Gasteiger partial charge is 0.307 e. The summed E-state index contributed by atoms with van der Waals surface area (Å²) in [4.78, 5) is 24.1. The van der Waals surface area contributed by atoms with Gasteiger partial charge in [0, 0.05) is 22.1 Å². The second-order valence-corrected chi connectivity index (χ2v) is 8.64. The molecule has 5 nitrogen and oxygen atoms in total. The average molecular weight is 431 g/mol. The first-order valence-corrected chi connectivity index (χ1v) is 11.3. The van der Waals surface area contributed by atoms with Crippen LogP contribution in [-0.2, 0) is 17.6 Å². The highest BCUT2D eigenvalue weighted by Crippen LogP contribution is 2.34. The third-order valence-corrected chi connectivity index (χ3v) is 5.72. The second-order valence-electron chi connectivity index (χ2n) is 7.47. The maximum absolute atomic E-state index is 12.3. The van der Waals surface area contributed by atoms with Crippen LogP contribution in [0.3, 0.4) is 0 Å². The van der Waals surface area contributed by atoms with Crippen LogP contribution in [0.2, 0.25) is 0 Å². The van der Waals surface area contributed by atoms with E-state index in [4.69, 9.17) is 9.84 Å². The van der Waals surface area contributed by atoms with Crippen molar-refractivity contribution in [3.8, 4) is 11.5 Å². The first-order valence-electron chi connectivity index (χ1n) is 10.3. The zero-order chi connectivity index (χ0) is 22.1. The summed E-state index contributed by atoms with van der Waals surface area (Å²) in [5, 5.41) is 19.4. The van der Waals surface area contributed by atoms with Crippen molar-refractivity contribution in [3.63, 3.8) is 0 Å². The summed E-state index contributed by atoms with van der Waals surface area (Å²) < 4.78 is 5.92. The molecule has 0 radical (unpaired) electrons. The molecular weight excluding hydrogens is 400 g/mol. The Bertz CT molecular complexity index is 859. The molecule has 2 rings (SSSR count). The molecule has 0 heterocycles. The van der Waals surface area contributed by atoms with Crippen LogP contribution in [0, 0.1) is 5.92 Å². The van der Waals surface area contributed by atoms with E-state index in [1.165, 1.54) is 0 Å². The van der Waals surface area contributed by atoms with E-state index in [2.05, 4.69) is 0 Å². The zero-order valence-electron chi connectivity index (χ0n) is 17.8. The molecule has 0 bridgehead atoms. The van der Waals surface area contributed by atoms with Crippen molar-refractivity contribution in [2.45, 2.75) is 51.3 Å². The minimum absolute atomic E-state index is 0.0350. The van der Waals surface area contributed by atoms with Gasteiger partial charge in [0.15, 0.2) is 5.78 Å². The Labute approximate surface area is 182 Å². The van der Waals surface area contributed by atoms with Crippen molar-refractivity contribution < 1.29 is 24.5 Å². The van der Waals surface area contributed by atoms with Crippen molar-refractivity contribution in [1.29, 1.82) is 0 Å². The number of hydrogen-bond acceptors (Lipinski definition) is 5. The Balaban J connectivity index is 1.90. The minimum atomic E-state index is -0.831. The zero-order valence-corrected chi connectivity index (χ0v) is 18.6. The van der Waals surface area contributed by atoms with Gasteiger partial charge in [-0.2, -0.15) is 0 Å². The molecule has 0 atom stereocenters. The molecule has 0 amide bonds. The lowest BCUT2D eigenvalue weighted by Gasteiger charge is -2.16. The van der Waals surface area contributed by atoms with Gasteiger partial charge in [-0.3, -0.25) is 9.59 Å². The Morgan fingerprint density at radius 3 is 2.40 bits per heavy atom. The molecule has 2 aromatic carbocycles. The number of thioether (sulfide) groups is 1. The molecular formula is C24H30O5S. The highest BCUT2D eigenvalue weighted by atomic mass is 32.2. The summed E-state index contributed by atoms with van der Waals surface area (Å²) in [5.74, 6) is 0.468. The molecule has 0 aliphatic rings. The normalized spacial score (nSPS) is 10.9. The first-order chi connectivity index (χ1) is 14.3. The monoisotopic (exact) mass is 430 g/mol. The van der Waals surface area contributed by atoms with E-state index in [-0.39, 0.29) is 23.9 Å². The number of carbonyl (C=O) groups is 2. The van der Waals surface area contributed by atoms with Gasteiger partial charge in [-0.1, -0.05) is 39.3 Å². The molecule has 0 aliphatic heterocycles. The number of carboxylic acids is 1. The summed E-state index contributed by atoms with van der Waals surface area (Å²) in [6, 6.07) is 11.0. The van der Waals surface area contributed by atoms with E-state index in [9.17, 15) is 14.7 Å². The van der Waals surface area contributed by atoms with Crippen LogP contribution in [0.15, 0.2) is 41.3 Å². The second kappa shape index (κ2) is 11.6. The fourth-order valence-corrected chi connectivity index (χ4v) is 3.89. The van der Waals surface area contributed by atoms with Gasteiger partial charge in [-0.05, 0) is 42.7 Å². The van der Waals surface area contributed by atoms with Crippen LogP contribution < -0.4 is 4.74 Å². The summed E-state index contributed by atoms with van der Waals surface area (Å²) in [6.07, 6.45) is 2.35. The van der Waals surface area contributed by atoms with Gasteiger partial charge in [-0.15, -0.1) is 11.8 Å². The van der Waals surface area contributed by atoms with Crippen LogP contribution >= 0.6 is 11.8 Å². The van der Waals surface area contributed by atoms with Gasteiger partial charge in [0.1, 0.15) is 11.5 Å². The van der Waals surface area contributed by atoms with Crippen molar-refractivity contribution >= 4 is 23.5 Å². The summed E-state index contributed by atoms with van der Waals surface area (Å²) in [6.45, 7) is 6.18. The Morgan fingerprint density at radius 1 is 1.10 bits per heavy atom. The standard InChI is InChI=1S/C24H30O5S/c1-4-6-19-21(12-11-20(24(19)28)23(27)16(2)3)29-13-5-14-30-18-9-7-17(8-10-18)15-22(25)26/h7-12,16,28H,4-6,13-15H2,1-3H3,(H,25,26). The number of phenolic OH excluding ortho intramolecular Hbond substituents is 1. The van der Waals surface area contributed by atoms with Gasteiger partial charge >= 0.3 is 5.97 Å². The largest absolute Gasteiger partial charge is 0.507 e. The predicted molar refractivity (Wildman–Crippen MR) is 120 cm³/mol. The molecule has 0 aliphatic carbocycles. The highest BCUT2D eigenvalue weighted by Gasteiger charge is 2.20. The Hall–Kier alpha value is -2.47. The van der Waals surface area contributed by atoms with Gasteiger partial charge in [0.2, 0.25) is 0 Å². The number of aromatic hydroxyl groups is 1. The van der Waals surface area contributed by atoms with Gasteiger partial charge in [0.25, 0.3) is 0 Å². The predicted octanol–water partition coefficient (Wildman–Crippen LogP) is 5.37. The number of rotatable bonds is 12. The number of ether oxygens (including phenoxy) is 1. The lowest BCUT2D eigenvalue weighted by atomic mass is 9.96. The van der Waals surface area contributed by atoms with Crippen LogP contribution in [0.25, 0.3) is 0 Å². The number of Topliss-reactive ketones (excluding diaryl/α,β-unsaturated/α-hetero) is 1. The summed E-state index contributed by atoms with van der Waals surface area (Å²) >= 11 is 1.69. The van der Waals surface area contributed by atoms with E-state index in [1.807, 2.05) is 45.0 Å². The van der Waals surface area contributed by atoms with Crippen molar-refractivity contribution in [2.75, 3.05) is 12.4 Å². The third-order valence-electron chi connectivity index (χ3n) is 4.62. The van der Waals surface area contributed by atoms with Crippen LogP contribution in [0.4, 0.5) is 0 Å². The third kappa shape index (κ3) is 6.80. The minimum Gasteiger partial charge on any atom is -0.507 e. The number of aliphatic carboxylic acids is 1. The molecule has 6 heteroatoms. The van der Waals surface area contributed by atoms with E-state index in [0.29, 0.717) is 29.9 Å². The molecule has 0 aromatic heterocycles. The van der Waals surface area contributed by atoms with E-state index in [1.54, 1.807) is 23.9 Å². The SMILES string of the molecule is CCCc1c(OCCCSc2ccc(CC(=O)O)cc2)ccc(C(=O)C(C)C)c1O. The quantitative estimate of drug-likeness (QED) is 0.267. The van der Waals surface area contributed by atoms with Crippen molar-refractivity contribution in [1.82, 2.24) is 0 Å². The number of carbonyl (C=O) groups excluding carboxylic acids is 1. The fraction of sp³-hybridized carbons (Fsp3) is 0.417. The maximum atomic E-state index is 12.3. The van der Waals surface area contributed by atoms with E-state index >= 15 is 0 Å². The Morgan fingerprint density at radius 2 is 1.80 bits per heavy atom. The lowest BCUT2D eigenvalue weighted by molar-refractivity contribution is -0.136. The lowest BCUT2D eigenvalue weighted by Crippen LogP contribution is -2.10. The molecule has 2 N–H and O–H groups in total. The number of benzene rings is 2. The van der Waals surface area contributed by atoms with E-state index in [0.717, 1.165) is 29.1 Å². The van der Waals surface area contributed by atoms with Crippen molar-refractivity contribution in [2.24, 2.45) is 5.92 Å². The highest BCUT2D eigenvalue weighted by molar-refractivity contribution is 7.99. The molecule has 30 heavy (non-hydrogen) atoms. The average Bonchev–Trinajstić information content (AvgIpc) is 2.70. The van der Waals surface area contributed by atoms with Crippen LogP contribution in [0.1, 0.15) is 55.1 Å². The molecule has 0 fully saturated rings. The number of ketones is 1. The van der Waals surface area contributed by atoms with Crippen LogP contribution in [0.5, 0.6) is 11.5 Å². The summed E-state index contributed by atoms with van der Waals surface area (Å²) in [5.41, 5.74) is 1.85. The first kappa shape index (κ1) is 23.8. The molecule has 0 spiro atoms. The number of carboxylic acid groups (broad SMARTS) is 1. The van der Waals surface area contributed by atoms with E-state index < -0.39 is 5.97 Å². The van der Waals surface area contributed by atoms with Gasteiger partial charge < -0.3 is 14.9 Å². The molecule has 0 unspecified atom stereocenters. The molecule has 162 valence electrons. The van der Waals surface area contributed by atoms with Gasteiger partial charge in [0.05, 0.1) is 18.6 Å². The maximum Gasteiger partial charge on any atom is 0.307 e. The van der Waals surface area contributed by atoms with Crippen LogP contribution in [-0.4, -0.2) is 34.3 Å². The summed E-state index contributed by atoms with van der Waals surface area (Å²) in [7, 11) is 0. The number of hydrogen-bond donors (Lipinski definition) is 2. The van der Waals surface area contributed by atoms with Gasteiger partial charge in [-0.25, -0.2) is 0 Å². The fourth-order valence-electron chi connectivity index (χ4n) is 3.06. The topological polar surface area (TPSA) is 83.8 Å². The molecule has 0 saturated carbocycles.